The van der Waals surface area contributed by atoms with Crippen LogP contribution in [0.15, 0.2) is 54.1 Å². The maximum atomic E-state index is 12.9. The Morgan fingerprint density at radius 3 is 2.48 bits per heavy atom. The number of hydrogen-bond donors (Lipinski definition) is 1. The van der Waals surface area contributed by atoms with Crippen LogP contribution in [0, 0.1) is 0 Å². The van der Waals surface area contributed by atoms with Crippen LogP contribution in [0.4, 0.5) is 0 Å². The van der Waals surface area contributed by atoms with Gasteiger partial charge in [0.15, 0.2) is 0 Å². The SMILES string of the molecule is COc1cccc(/C(O)=C2\C(=O)C(=O)N(CCN(C)C)[C@H]2c2ccc(Cl)cc2)c1. The van der Waals surface area contributed by atoms with E-state index < -0.39 is 17.7 Å². The Kier molecular flexibility index (Phi) is 6.25. The second kappa shape index (κ2) is 8.68. The lowest BCUT2D eigenvalue weighted by Crippen LogP contribution is -2.35. The van der Waals surface area contributed by atoms with Gasteiger partial charge < -0.3 is 19.6 Å². The molecule has 3 rings (SSSR count). The largest absolute Gasteiger partial charge is 0.507 e. The number of nitrogens with zero attached hydrogens (tertiary/aromatic N) is 2. The molecule has 29 heavy (non-hydrogen) atoms. The zero-order valence-corrected chi connectivity index (χ0v) is 17.3. The van der Waals surface area contributed by atoms with Crippen LogP contribution in [0.25, 0.3) is 5.76 Å². The first-order valence-corrected chi connectivity index (χ1v) is 9.54. The molecular weight excluding hydrogens is 392 g/mol. The van der Waals surface area contributed by atoms with Crippen LogP contribution in [0.2, 0.25) is 5.02 Å². The molecule has 1 amide bonds. The first-order valence-electron chi connectivity index (χ1n) is 9.16. The molecule has 0 bridgehead atoms. The van der Waals surface area contributed by atoms with Gasteiger partial charge in [0.2, 0.25) is 0 Å². The van der Waals surface area contributed by atoms with Gasteiger partial charge in [0, 0.05) is 23.7 Å². The molecule has 0 radical (unpaired) electrons. The number of amides is 1. The number of Topliss-reactive ketones (excluding diaryl/α,β-unsaturated/α-hetero) is 1. The van der Waals surface area contributed by atoms with Gasteiger partial charge in [0.1, 0.15) is 11.5 Å². The predicted molar refractivity (Wildman–Crippen MR) is 112 cm³/mol. The maximum Gasteiger partial charge on any atom is 0.295 e. The summed E-state index contributed by atoms with van der Waals surface area (Å²) in [6.07, 6.45) is 0. The highest BCUT2D eigenvalue weighted by atomic mass is 35.5. The summed E-state index contributed by atoms with van der Waals surface area (Å²) >= 11 is 6.01. The van der Waals surface area contributed by atoms with E-state index in [1.807, 2.05) is 19.0 Å². The van der Waals surface area contributed by atoms with Crippen LogP contribution >= 0.6 is 11.6 Å². The minimum Gasteiger partial charge on any atom is -0.507 e. The van der Waals surface area contributed by atoms with Crippen molar-refractivity contribution in [2.24, 2.45) is 0 Å². The third kappa shape index (κ3) is 4.28. The number of likely N-dealkylation sites (N-methyl/N-ethyl adjacent to an activating group) is 1. The Balaban J connectivity index is 2.14. The van der Waals surface area contributed by atoms with Crippen LogP contribution in [0.1, 0.15) is 17.2 Å². The van der Waals surface area contributed by atoms with Gasteiger partial charge in [-0.1, -0.05) is 35.9 Å². The molecule has 0 saturated carbocycles. The number of carbonyl (C=O) groups excluding carboxylic acids is 2. The van der Waals surface area contributed by atoms with Crippen LogP contribution in [-0.2, 0) is 9.59 Å². The van der Waals surface area contributed by atoms with E-state index in [4.69, 9.17) is 16.3 Å². The molecule has 0 unspecified atom stereocenters. The van der Waals surface area contributed by atoms with Crippen LogP contribution in [0.5, 0.6) is 5.75 Å². The van der Waals surface area contributed by atoms with Crippen molar-refractivity contribution >= 4 is 29.1 Å². The van der Waals surface area contributed by atoms with Gasteiger partial charge >= 0.3 is 0 Å². The van der Waals surface area contributed by atoms with Crippen LogP contribution in [-0.4, -0.2) is 60.9 Å². The summed E-state index contributed by atoms with van der Waals surface area (Å²) in [7, 11) is 5.31. The van der Waals surface area contributed by atoms with Crippen molar-refractivity contribution in [3.05, 3.63) is 70.3 Å². The number of ketones is 1. The van der Waals surface area contributed by atoms with Crippen molar-refractivity contribution in [3.8, 4) is 5.75 Å². The number of rotatable bonds is 6. The summed E-state index contributed by atoms with van der Waals surface area (Å²) in [5.41, 5.74) is 1.18. The van der Waals surface area contributed by atoms with Gasteiger partial charge in [0.05, 0.1) is 18.7 Å². The fourth-order valence-corrected chi connectivity index (χ4v) is 3.46. The van der Waals surface area contributed by atoms with E-state index in [9.17, 15) is 14.7 Å². The minimum absolute atomic E-state index is 0.0596. The third-order valence-corrected chi connectivity index (χ3v) is 5.11. The fourth-order valence-electron chi connectivity index (χ4n) is 3.34. The first-order chi connectivity index (χ1) is 13.8. The van der Waals surface area contributed by atoms with Crippen LogP contribution in [0.3, 0.4) is 0 Å². The average molecular weight is 415 g/mol. The topological polar surface area (TPSA) is 70.1 Å². The fraction of sp³-hybridized carbons (Fsp3) is 0.273. The predicted octanol–water partition coefficient (Wildman–Crippen LogP) is 3.33. The Hall–Kier alpha value is -2.83. The molecule has 1 aliphatic heterocycles. The highest BCUT2D eigenvalue weighted by Gasteiger charge is 2.45. The average Bonchev–Trinajstić information content (AvgIpc) is 2.97. The number of aliphatic hydroxyl groups is 1. The molecule has 2 aromatic rings. The molecule has 1 heterocycles. The van der Waals surface area contributed by atoms with Gasteiger partial charge in [-0.25, -0.2) is 0 Å². The molecule has 6 nitrogen and oxygen atoms in total. The second-order valence-corrected chi connectivity index (χ2v) is 7.52. The smallest absolute Gasteiger partial charge is 0.295 e. The lowest BCUT2D eigenvalue weighted by Gasteiger charge is -2.26. The molecule has 152 valence electrons. The van der Waals surface area contributed by atoms with E-state index in [0.717, 1.165) is 0 Å². The summed E-state index contributed by atoms with van der Waals surface area (Å²) in [6.45, 7) is 0.927. The lowest BCUT2D eigenvalue weighted by molar-refractivity contribution is -0.140. The summed E-state index contributed by atoms with van der Waals surface area (Å²) < 4.78 is 5.21. The van der Waals surface area contributed by atoms with E-state index in [2.05, 4.69) is 0 Å². The zero-order valence-electron chi connectivity index (χ0n) is 16.6. The number of aliphatic hydroxyl groups excluding tert-OH is 1. The number of benzene rings is 2. The molecule has 1 aliphatic rings. The molecule has 2 aromatic carbocycles. The monoisotopic (exact) mass is 414 g/mol. The molecule has 0 aliphatic carbocycles. The minimum atomic E-state index is -0.705. The first kappa shape index (κ1) is 20.9. The van der Waals surface area contributed by atoms with E-state index in [0.29, 0.717) is 35.0 Å². The van der Waals surface area contributed by atoms with Gasteiger partial charge in [-0.05, 0) is 43.9 Å². The Morgan fingerprint density at radius 1 is 1.17 bits per heavy atom. The summed E-state index contributed by atoms with van der Waals surface area (Å²) in [5, 5.41) is 11.5. The molecule has 7 heteroatoms. The van der Waals surface area contributed by atoms with E-state index in [1.54, 1.807) is 48.5 Å². The third-order valence-electron chi connectivity index (χ3n) is 4.86. The number of likely N-dealkylation sites (tertiary alicyclic amines) is 1. The number of carbonyl (C=O) groups is 2. The molecular formula is C22H23ClN2O4. The summed E-state index contributed by atoms with van der Waals surface area (Å²) in [5.74, 6) is -1.02. The second-order valence-electron chi connectivity index (χ2n) is 7.08. The van der Waals surface area contributed by atoms with Gasteiger partial charge in [-0.2, -0.15) is 0 Å². The van der Waals surface area contributed by atoms with E-state index >= 15 is 0 Å². The van der Waals surface area contributed by atoms with Crippen molar-refractivity contribution < 1.29 is 19.4 Å². The normalized spacial score (nSPS) is 18.5. The Morgan fingerprint density at radius 2 is 1.86 bits per heavy atom. The molecule has 0 aromatic heterocycles. The maximum absolute atomic E-state index is 12.9. The number of halogens is 1. The molecule has 1 saturated heterocycles. The molecule has 1 fully saturated rings. The quantitative estimate of drug-likeness (QED) is 0.446. The molecule has 1 atom stereocenters. The van der Waals surface area contributed by atoms with E-state index in [-0.39, 0.29) is 11.3 Å². The van der Waals surface area contributed by atoms with Crippen molar-refractivity contribution in [3.63, 3.8) is 0 Å². The van der Waals surface area contributed by atoms with Crippen LogP contribution < -0.4 is 4.74 Å². The Bertz CT molecular complexity index is 954. The molecule has 1 N–H and O–H groups in total. The zero-order chi connectivity index (χ0) is 21.1. The summed E-state index contributed by atoms with van der Waals surface area (Å²) in [6, 6.07) is 13.0. The highest BCUT2D eigenvalue weighted by molar-refractivity contribution is 6.46. The highest BCUT2D eigenvalue weighted by Crippen LogP contribution is 2.39. The van der Waals surface area contributed by atoms with E-state index in [1.165, 1.54) is 12.0 Å². The van der Waals surface area contributed by atoms with Gasteiger partial charge in [0.25, 0.3) is 11.7 Å². The summed E-state index contributed by atoms with van der Waals surface area (Å²) in [4.78, 5) is 29.1. The van der Waals surface area contributed by atoms with Gasteiger partial charge in [-0.3, -0.25) is 9.59 Å². The number of ether oxygens (including phenoxy) is 1. The Labute approximate surface area is 174 Å². The van der Waals surface area contributed by atoms with Crippen molar-refractivity contribution in [1.82, 2.24) is 9.80 Å². The lowest BCUT2D eigenvalue weighted by atomic mass is 9.95. The van der Waals surface area contributed by atoms with Crippen molar-refractivity contribution in [2.75, 3.05) is 34.3 Å². The molecule has 0 spiro atoms. The van der Waals surface area contributed by atoms with Gasteiger partial charge in [-0.15, -0.1) is 0 Å². The number of hydrogen-bond acceptors (Lipinski definition) is 5. The standard InChI is InChI=1S/C22H23ClN2O4/c1-24(2)11-12-25-19(14-7-9-16(23)10-8-14)18(21(27)22(25)28)20(26)15-5-4-6-17(13-15)29-3/h4-10,13,19,26H,11-12H2,1-3H3/b20-18+/t19-/m0/s1. The van der Waals surface area contributed by atoms with Crippen molar-refractivity contribution in [2.45, 2.75) is 6.04 Å². The van der Waals surface area contributed by atoms with Crippen molar-refractivity contribution in [1.29, 1.82) is 0 Å². The number of methoxy groups -OCH3 is 1.